The van der Waals surface area contributed by atoms with Gasteiger partial charge in [0.2, 0.25) is 5.91 Å². The number of rotatable bonds is 5. The molecule has 2 amide bonds. The second-order valence-corrected chi connectivity index (χ2v) is 8.61. The highest BCUT2D eigenvalue weighted by Crippen LogP contribution is 2.28. The second-order valence-electron chi connectivity index (χ2n) is 8.61. The number of ether oxygens (including phenoxy) is 1. The number of amides is 2. The van der Waals surface area contributed by atoms with E-state index in [0.29, 0.717) is 57.2 Å². The number of likely N-dealkylation sites (tertiary alicyclic amines) is 1. The molecule has 1 atom stereocenters. The summed E-state index contributed by atoms with van der Waals surface area (Å²) in [7, 11) is 0. The van der Waals surface area contributed by atoms with E-state index in [1.54, 1.807) is 6.33 Å². The lowest BCUT2D eigenvalue weighted by Crippen LogP contribution is -2.44. The molecule has 0 spiro atoms. The minimum absolute atomic E-state index is 0.0151. The molecular weight excluding hydrogens is 380 g/mol. The first-order valence-corrected chi connectivity index (χ1v) is 10.8. The van der Waals surface area contributed by atoms with E-state index in [0.717, 1.165) is 11.3 Å². The van der Waals surface area contributed by atoms with Gasteiger partial charge in [-0.3, -0.25) is 9.59 Å². The molecule has 1 saturated heterocycles. The van der Waals surface area contributed by atoms with Crippen LogP contribution < -0.4 is 5.32 Å². The van der Waals surface area contributed by atoms with Gasteiger partial charge in [-0.25, -0.2) is 4.98 Å². The molecule has 1 N–H and O–H groups in total. The number of carbonyl (C=O) groups excluding carboxylic acids is 2. The van der Waals surface area contributed by atoms with Crippen molar-refractivity contribution in [3.8, 4) is 0 Å². The Morgan fingerprint density at radius 1 is 1.20 bits per heavy atom. The molecule has 0 saturated carbocycles. The normalized spacial score (nSPS) is 19.6. The van der Waals surface area contributed by atoms with Gasteiger partial charge >= 0.3 is 0 Å². The first kappa shape index (κ1) is 20.6. The van der Waals surface area contributed by atoms with Gasteiger partial charge in [-0.2, -0.15) is 0 Å². The number of hydrogen-bond acceptors (Lipinski definition) is 4. The largest absolute Gasteiger partial charge is 0.365 e. The molecule has 0 unspecified atom stereocenters. The molecule has 0 bridgehead atoms. The maximum absolute atomic E-state index is 13.1. The van der Waals surface area contributed by atoms with Crippen molar-refractivity contribution in [3.63, 3.8) is 0 Å². The lowest BCUT2D eigenvalue weighted by Gasteiger charge is -2.31. The summed E-state index contributed by atoms with van der Waals surface area (Å²) >= 11 is 0. The van der Waals surface area contributed by atoms with Gasteiger partial charge < -0.3 is 19.5 Å². The molecule has 2 aliphatic rings. The lowest BCUT2D eigenvalue weighted by atomic mass is 9.95. The highest BCUT2D eigenvalue weighted by Gasteiger charge is 2.32. The average Bonchev–Trinajstić information content (AvgIpc) is 3.21. The average molecular weight is 411 g/mol. The van der Waals surface area contributed by atoms with Crippen LogP contribution in [0.4, 0.5) is 0 Å². The number of hydrogen-bond donors (Lipinski definition) is 1. The number of piperidine rings is 1. The first-order chi connectivity index (χ1) is 14.5. The maximum Gasteiger partial charge on any atom is 0.274 e. The number of nitrogens with zero attached hydrogens (tertiary/aromatic N) is 3. The third-order valence-electron chi connectivity index (χ3n) is 5.94. The minimum Gasteiger partial charge on any atom is -0.365 e. The van der Waals surface area contributed by atoms with Crippen molar-refractivity contribution in [3.05, 3.63) is 53.6 Å². The Morgan fingerprint density at radius 3 is 2.63 bits per heavy atom. The summed E-state index contributed by atoms with van der Waals surface area (Å²) in [5.41, 5.74) is 2.44. The Kier molecular flexibility index (Phi) is 6.18. The summed E-state index contributed by atoms with van der Waals surface area (Å²) in [6.45, 7) is 7.05. The predicted molar refractivity (Wildman–Crippen MR) is 113 cm³/mol. The third kappa shape index (κ3) is 4.41. The Bertz CT molecular complexity index is 885. The van der Waals surface area contributed by atoms with Crippen LogP contribution in [-0.4, -0.2) is 45.9 Å². The molecular formula is C23H30N4O3. The molecule has 7 heteroatoms. The molecule has 2 aromatic rings. The van der Waals surface area contributed by atoms with Crippen LogP contribution in [0.15, 0.2) is 36.7 Å². The summed E-state index contributed by atoms with van der Waals surface area (Å²) in [5, 5.41) is 3.01. The monoisotopic (exact) mass is 410 g/mol. The smallest absolute Gasteiger partial charge is 0.274 e. The van der Waals surface area contributed by atoms with Crippen molar-refractivity contribution in [2.24, 2.45) is 11.8 Å². The predicted octanol–water partition coefficient (Wildman–Crippen LogP) is 2.78. The maximum atomic E-state index is 13.1. The molecule has 0 aliphatic carbocycles. The van der Waals surface area contributed by atoms with E-state index < -0.39 is 0 Å². The zero-order chi connectivity index (χ0) is 21.1. The number of imidazole rings is 1. The van der Waals surface area contributed by atoms with Crippen LogP contribution in [0.1, 0.15) is 54.5 Å². The molecule has 1 aromatic heterocycles. The van der Waals surface area contributed by atoms with Crippen LogP contribution in [0.5, 0.6) is 0 Å². The minimum atomic E-state index is -0.0634. The van der Waals surface area contributed by atoms with E-state index >= 15 is 0 Å². The number of aromatic nitrogens is 2. The van der Waals surface area contributed by atoms with Crippen molar-refractivity contribution in [1.82, 2.24) is 19.8 Å². The van der Waals surface area contributed by atoms with Crippen molar-refractivity contribution >= 4 is 11.8 Å². The topological polar surface area (TPSA) is 76.5 Å². The molecule has 0 radical (unpaired) electrons. The fraction of sp³-hybridized carbons (Fsp3) is 0.522. The quantitative estimate of drug-likeness (QED) is 0.822. The first-order valence-electron chi connectivity index (χ1n) is 10.8. The highest BCUT2D eigenvalue weighted by atomic mass is 16.5. The van der Waals surface area contributed by atoms with Crippen molar-refractivity contribution in [2.45, 2.75) is 45.9 Å². The SMILES string of the molecule is CC(C)CNC(=O)C1CCN(C(=O)c2ncn3c2CO[C@@H](c2ccccc2)C3)CC1. The van der Waals surface area contributed by atoms with Gasteiger partial charge in [-0.05, 0) is 24.3 Å². The fourth-order valence-electron chi connectivity index (χ4n) is 4.12. The van der Waals surface area contributed by atoms with E-state index in [2.05, 4.69) is 36.3 Å². The van der Waals surface area contributed by atoms with Crippen LogP contribution in [-0.2, 0) is 22.7 Å². The Hall–Kier alpha value is -2.67. The van der Waals surface area contributed by atoms with Gasteiger partial charge in [0.05, 0.1) is 25.2 Å². The van der Waals surface area contributed by atoms with Crippen LogP contribution >= 0.6 is 0 Å². The van der Waals surface area contributed by atoms with Crippen LogP contribution in [0.2, 0.25) is 0 Å². The van der Waals surface area contributed by atoms with Crippen LogP contribution in [0.3, 0.4) is 0 Å². The highest BCUT2D eigenvalue weighted by molar-refractivity contribution is 5.93. The number of nitrogens with one attached hydrogen (secondary N) is 1. The zero-order valence-electron chi connectivity index (χ0n) is 17.7. The summed E-state index contributed by atoms with van der Waals surface area (Å²) < 4.78 is 8.07. The molecule has 3 heterocycles. The lowest BCUT2D eigenvalue weighted by molar-refractivity contribution is -0.126. The molecule has 4 rings (SSSR count). The summed E-state index contributed by atoms with van der Waals surface area (Å²) in [4.78, 5) is 31.6. The number of fused-ring (bicyclic) bond motifs is 1. The van der Waals surface area contributed by atoms with E-state index in [-0.39, 0.29) is 23.8 Å². The van der Waals surface area contributed by atoms with Gasteiger partial charge in [-0.1, -0.05) is 44.2 Å². The van der Waals surface area contributed by atoms with E-state index in [1.807, 2.05) is 27.7 Å². The Balaban J connectivity index is 1.36. The number of benzene rings is 1. The van der Waals surface area contributed by atoms with Gasteiger partial charge in [0.25, 0.3) is 5.91 Å². The van der Waals surface area contributed by atoms with E-state index in [4.69, 9.17) is 4.74 Å². The zero-order valence-corrected chi connectivity index (χ0v) is 17.7. The Labute approximate surface area is 177 Å². The molecule has 160 valence electrons. The van der Waals surface area contributed by atoms with Crippen molar-refractivity contribution in [2.75, 3.05) is 19.6 Å². The standard InChI is InChI=1S/C23H30N4O3/c1-16(2)12-24-22(28)18-8-10-26(11-9-18)23(29)21-19-14-30-20(13-27(19)15-25-21)17-6-4-3-5-7-17/h3-7,15-16,18,20H,8-14H2,1-2H3,(H,24,28)/t20-/m1/s1. The second kappa shape index (κ2) is 9.00. The molecule has 30 heavy (non-hydrogen) atoms. The molecule has 1 fully saturated rings. The molecule has 2 aliphatic heterocycles. The summed E-state index contributed by atoms with van der Waals surface area (Å²) in [5.74, 6) is 0.465. The van der Waals surface area contributed by atoms with E-state index in [1.165, 1.54) is 0 Å². The van der Waals surface area contributed by atoms with Gasteiger partial charge in [0, 0.05) is 25.6 Å². The van der Waals surface area contributed by atoms with Crippen LogP contribution in [0, 0.1) is 11.8 Å². The molecule has 7 nitrogen and oxygen atoms in total. The molecule has 1 aromatic carbocycles. The fourth-order valence-corrected chi connectivity index (χ4v) is 4.12. The number of carbonyl (C=O) groups is 2. The van der Waals surface area contributed by atoms with Gasteiger partial charge in [0.15, 0.2) is 5.69 Å². The van der Waals surface area contributed by atoms with E-state index in [9.17, 15) is 9.59 Å². The summed E-state index contributed by atoms with van der Waals surface area (Å²) in [6.07, 6.45) is 3.10. The van der Waals surface area contributed by atoms with Crippen molar-refractivity contribution in [1.29, 1.82) is 0 Å². The van der Waals surface area contributed by atoms with Crippen molar-refractivity contribution < 1.29 is 14.3 Å². The Morgan fingerprint density at radius 2 is 1.93 bits per heavy atom. The summed E-state index contributed by atoms with van der Waals surface area (Å²) in [6, 6.07) is 10.1. The van der Waals surface area contributed by atoms with Gasteiger partial charge in [0.1, 0.15) is 6.10 Å². The van der Waals surface area contributed by atoms with Crippen LogP contribution in [0.25, 0.3) is 0 Å². The third-order valence-corrected chi connectivity index (χ3v) is 5.94. The van der Waals surface area contributed by atoms with Gasteiger partial charge in [-0.15, -0.1) is 0 Å².